The lowest BCUT2D eigenvalue weighted by molar-refractivity contribution is 0.414. The number of aryl methyl sites for hydroxylation is 1. The van der Waals surface area contributed by atoms with Gasteiger partial charge in [0.1, 0.15) is 11.6 Å². The van der Waals surface area contributed by atoms with Gasteiger partial charge in [-0.25, -0.2) is 4.39 Å². The van der Waals surface area contributed by atoms with Crippen molar-refractivity contribution >= 4 is 11.6 Å². The van der Waals surface area contributed by atoms with Crippen molar-refractivity contribution in [3.8, 4) is 5.75 Å². The lowest BCUT2D eigenvalue weighted by atomic mass is 9.86. The van der Waals surface area contributed by atoms with Crippen molar-refractivity contribution in [2.24, 2.45) is 0 Å². The monoisotopic (exact) mass is 382 g/mol. The van der Waals surface area contributed by atoms with Crippen LogP contribution in [-0.4, -0.2) is 7.11 Å². The van der Waals surface area contributed by atoms with Crippen LogP contribution in [0.25, 0.3) is 0 Å². The topological polar surface area (TPSA) is 9.23 Å². The summed E-state index contributed by atoms with van der Waals surface area (Å²) in [5.74, 6) is 0.935. The van der Waals surface area contributed by atoms with Crippen LogP contribution in [0.4, 0.5) is 4.39 Å². The summed E-state index contributed by atoms with van der Waals surface area (Å²) in [6.45, 7) is 0. The molecule has 0 amide bonds. The Morgan fingerprint density at radius 2 is 1.41 bits per heavy atom. The minimum atomic E-state index is -0.201. The van der Waals surface area contributed by atoms with E-state index in [0.29, 0.717) is 0 Å². The molecule has 0 spiro atoms. The zero-order valence-corrected chi connectivity index (χ0v) is 16.3. The summed E-state index contributed by atoms with van der Waals surface area (Å²) in [5.41, 5.74) is 3.68. The molecule has 0 unspecified atom stereocenters. The number of hydrogen-bond donors (Lipinski definition) is 0. The third-order valence-corrected chi connectivity index (χ3v) is 5.16. The molecule has 0 aliphatic rings. The first-order valence-electron chi connectivity index (χ1n) is 9.29. The molecule has 0 heterocycles. The largest absolute Gasteiger partial charge is 0.497 e. The summed E-state index contributed by atoms with van der Waals surface area (Å²) >= 11 is 6.04. The quantitative estimate of drug-likeness (QED) is 0.380. The van der Waals surface area contributed by atoms with Crippen LogP contribution in [0.15, 0.2) is 72.8 Å². The van der Waals surface area contributed by atoms with E-state index in [9.17, 15) is 4.39 Å². The number of rotatable bonds is 8. The van der Waals surface area contributed by atoms with Crippen molar-refractivity contribution in [3.05, 3.63) is 100 Å². The maximum absolute atomic E-state index is 13.3. The van der Waals surface area contributed by atoms with Crippen LogP contribution in [0.5, 0.6) is 5.75 Å². The number of benzene rings is 3. The van der Waals surface area contributed by atoms with Gasteiger partial charge >= 0.3 is 0 Å². The predicted octanol–water partition coefficient (Wildman–Crippen LogP) is 7.03. The molecule has 0 saturated carbocycles. The fraction of sp³-hybridized carbons (Fsp3) is 0.250. The fourth-order valence-electron chi connectivity index (χ4n) is 3.39. The molecule has 3 rings (SSSR count). The molecule has 140 valence electrons. The molecule has 3 heteroatoms. The molecule has 1 atom stereocenters. The van der Waals surface area contributed by atoms with Crippen LogP contribution in [0.2, 0.25) is 5.02 Å². The number of methoxy groups -OCH3 is 1. The van der Waals surface area contributed by atoms with Crippen molar-refractivity contribution in [2.45, 2.75) is 31.6 Å². The minimum absolute atomic E-state index is 0.201. The minimum Gasteiger partial charge on any atom is -0.497 e. The molecular weight excluding hydrogens is 359 g/mol. The zero-order chi connectivity index (χ0) is 19.1. The Hall–Kier alpha value is -2.32. The van der Waals surface area contributed by atoms with Crippen LogP contribution >= 0.6 is 11.6 Å². The summed E-state index contributed by atoms with van der Waals surface area (Å²) in [5, 5.41) is 0.733. The van der Waals surface area contributed by atoms with E-state index in [1.165, 1.54) is 23.3 Å². The number of hydrogen-bond acceptors (Lipinski definition) is 1. The Balaban J connectivity index is 1.64. The van der Waals surface area contributed by atoms with Gasteiger partial charge in [0.25, 0.3) is 0 Å². The van der Waals surface area contributed by atoms with Gasteiger partial charge in [-0.1, -0.05) is 54.4 Å². The third kappa shape index (κ3) is 5.58. The average molecular weight is 383 g/mol. The highest BCUT2D eigenvalue weighted by Crippen LogP contribution is 2.31. The molecule has 3 aromatic rings. The molecule has 0 bridgehead atoms. The Morgan fingerprint density at radius 1 is 0.815 bits per heavy atom. The molecule has 27 heavy (non-hydrogen) atoms. The van der Waals surface area contributed by atoms with Gasteiger partial charge in [-0.2, -0.15) is 0 Å². The standard InChI is InChI=1S/C24H24ClFO/c1-27-23-16-6-18(7-17-23)4-2-3-5-24(19-8-12-21(25)13-9-19)20-10-14-22(26)15-11-20/h6-17,24H,2-5H2,1H3/t24-/m0/s1. The van der Waals surface area contributed by atoms with Gasteiger partial charge < -0.3 is 4.74 Å². The van der Waals surface area contributed by atoms with Crippen LogP contribution < -0.4 is 4.74 Å². The first kappa shape index (κ1) is 19.4. The van der Waals surface area contributed by atoms with E-state index >= 15 is 0 Å². The van der Waals surface area contributed by atoms with E-state index in [-0.39, 0.29) is 11.7 Å². The summed E-state index contributed by atoms with van der Waals surface area (Å²) in [6, 6.07) is 23.1. The predicted molar refractivity (Wildman–Crippen MR) is 110 cm³/mol. The SMILES string of the molecule is COc1ccc(CCCC[C@H](c2ccc(F)cc2)c2ccc(Cl)cc2)cc1. The Morgan fingerprint density at radius 3 is 2.00 bits per heavy atom. The van der Waals surface area contributed by atoms with Crippen LogP contribution in [0.3, 0.4) is 0 Å². The van der Waals surface area contributed by atoms with E-state index in [1.807, 2.05) is 36.4 Å². The Labute approximate surface area is 165 Å². The van der Waals surface area contributed by atoms with Gasteiger partial charge in [-0.3, -0.25) is 0 Å². The summed E-state index contributed by atoms with van der Waals surface area (Å²) in [6.07, 6.45) is 4.26. The molecule has 0 fully saturated rings. The highest BCUT2D eigenvalue weighted by Gasteiger charge is 2.14. The van der Waals surface area contributed by atoms with E-state index in [4.69, 9.17) is 16.3 Å². The van der Waals surface area contributed by atoms with Crippen molar-refractivity contribution in [1.82, 2.24) is 0 Å². The summed E-state index contributed by atoms with van der Waals surface area (Å²) in [4.78, 5) is 0. The van der Waals surface area contributed by atoms with Gasteiger partial charge in [0.2, 0.25) is 0 Å². The van der Waals surface area contributed by atoms with E-state index in [2.05, 4.69) is 24.3 Å². The zero-order valence-electron chi connectivity index (χ0n) is 15.5. The van der Waals surface area contributed by atoms with Gasteiger partial charge in [-0.15, -0.1) is 0 Å². The maximum atomic E-state index is 13.3. The van der Waals surface area contributed by atoms with Gasteiger partial charge in [0, 0.05) is 10.9 Å². The molecule has 0 radical (unpaired) electrons. The second kappa shape index (κ2) is 9.57. The maximum Gasteiger partial charge on any atom is 0.123 e. The van der Waals surface area contributed by atoms with Crippen molar-refractivity contribution in [1.29, 1.82) is 0 Å². The molecule has 0 aliphatic heterocycles. The molecule has 1 nitrogen and oxygen atoms in total. The third-order valence-electron chi connectivity index (χ3n) is 4.91. The van der Waals surface area contributed by atoms with Crippen molar-refractivity contribution in [3.63, 3.8) is 0 Å². The second-order valence-corrected chi connectivity index (χ2v) is 7.19. The van der Waals surface area contributed by atoms with E-state index in [1.54, 1.807) is 7.11 Å². The highest BCUT2D eigenvalue weighted by atomic mass is 35.5. The molecule has 0 aliphatic carbocycles. The molecule has 0 saturated heterocycles. The second-order valence-electron chi connectivity index (χ2n) is 6.75. The Kier molecular flexibility index (Phi) is 6.89. The van der Waals surface area contributed by atoms with E-state index < -0.39 is 0 Å². The summed E-state index contributed by atoms with van der Waals surface area (Å²) in [7, 11) is 1.68. The summed E-state index contributed by atoms with van der Waals surface area (Å²) < 4.78 is 18.5. The van der Waals surface area contributed by atoms with Crippen molar-refractivity contribution < 1.29 is 9.13 Å². The Bertz CT molecular complexity index is 780. The van der Waals surface area contributed by atoms with Gasteiger partial charge in [0.05, 0.1) is 7.11 Å². The highest BCUT2D eigenvalue weighted by molar-refractivity contribution is 6.30. The average Bonchev–Trinajstić information content (AvgIpc) is 2.70. The molecule has 0 N–H and O–H groups in total. The lowest BCUT2D eigenvalue weighted by Crippen LogP contribution is -2.02. The van der Waals surface area contributed by atoms with Gasteiger partial charge in [-0.05, 0) is 72.4 Å². The molecule has 3 aromatic carbocycles. The normalized spacial score (nSPS) is 12.0. The lowest BCUT2D eigenvalue weighted by Gasteiger charge is -2.18. The number of halogens is 2. The van der Waals surface area contributed by atoms with Gasteiger partial charge in [0.15, 0.2) is 0 Å². The molecule has 0 aromatic heterocycles. The van der Waals surface area contributed by atoms with Crippen LogP contribution in [0, 0.1) is 5.82 Å². The van der Waals surface area contributed by atoms with Crippen LogP contribution in [0.1, 0.15) is 41.9 Å². The van der Waals surface area contributed by atoms with E-state index in [0.717, 1.165) is 42.0 Å². The first-order chi connectivity index (χ1) is 13.2. The van der Waals surface area contributed by atoms with Crippen LogP contribution in [-0.2, 0) is 6.42 Å². The molecular formula is C24H24ClFO. The smallest absolute Gasteiger partial charge is 0.123 e. The number of ether oxygens (including phenoxy) is 1. The first-order valence-corrected chi connectivity index (χ1v) is 9.67. The fourth-order valence-corrected chi connectivity index (χ4v) is 3.51. The number of unbranched alkanes of at least 4 members (excludes halogenated alkanes) is 1. The van der Waals surface area contributed by atoms with Crippen molar-refractivity contribution in [2.75, 3.05) is 7.11 Å².